The summed E-state index contributed by atoms with van der Waals surface area (Å²) in [5, 5.41) is 15.1. The lowest BCUT2D eigenvalue weighted by molar-refractivity contribution is 0.279. The van der Waals surface area contributed by atoms with Crippen molar-refractivity contribution in [2.24, 2.45) is 0 Å². The number of rotatable bonds is 4. The number of aromatic nitrogens is 5. The van der Waals surface area contributed by atoms with Gasteiger partial charge in [-0.05, 0) is 53.8 Å². The zero-order valence-electron chi connectivity index (χ0n) is 11.6. The van der Waals surface area contributed by atoms with Gasteiger partial charge >= 0.3 is 0 Å². The van der Waals surface area contributed by atoms with Crippen LogP contribution in [0.2, 0.25) is 0 Å². The van der Waals surface area contributed by atoms with Crippen LogP contribution in [0.15, 0.2) is 36.4 Å². The highest BCUT2D eigenvalue weighted by molar-refractivity contribution is 14.1. The third kappa shape index (κ3) is 3.21. The number of benzene rings is 1. The molecule has 0 atom stereocenters. The maximum absolute atomic E-state index is 12.7. The molecule has 1 aromatic carbocycles. The molecule has 8 heteroatoms. The van der Waals surface area contributed by atoms with Crippen LogP contribution >= 0.6 is 22.6 Å². The highest BCUT2D eigenvalue weighted by Gasteiger charge is 2.12. The van der Waals surface area contributed by atoms with Gasteiger partial charge in [0.25, 0.3) is 0 Å². The van der Waals surface area contributed by atoms with Crippen LogP contribution in [-0.4, -0.2) is 25.2 Å². The van der Waals surface area contributed by atoms with E-state index in [1.165, 1.54) is 12.1 Å². The first-order valence-corrected chi connectivity index (χ1v) is 7.50. The third-order valence-electron chi connectivity index (χ3n) is 2.99. The minimum atomic E-state index is -0.644. The summed E-state index contributed by atoms with van der Waals surface area (Å²) in [4.78, 5) is 0. The first-order valence-electron chi connectivity index (χ1n) is 6.42. The quantitative estimate of drug-likeness (QED) is 0.618. The highest BCUT2D eigenvalue weighted by Crippen LogP contribution is 2.16. The molecule has 0 N–H and O–H groups in total. The zero-order chi connectivity index (χ0) is 15.5. The Hall–Kier alpha value is -2.10. The molecule has 22 heavy (non-hydrogen) atoms. The van der Waals surface area contributed by atoms with Crippen LogP contribution in [0.5, 0.6) is 5.88 Å². The van der Waals surface area contributed by atoms with E-state index in [0.29, 0.717) is 0 Å². The Morgan fingerprint density at radius 2 is 1.86 bits per heavy atom. The number of halogens is 2. The van der Waals surface area contributed by atoms with Crippen molar-refractivity contribution < 1.29 is 9.13 Å². The van der Waals surface area contributed by atoms with Gasteiger partial charge in [-0.1, -0.05) is 5.21 Å². The Kier molecular flexibility index (Phi) is 4.27. The fourth-order valence-corrected chi connectivity index (χ4v) is 2.21. The molecule has 0 unspecified atom stereocenters. The molecule has 3 rings (SSSR count). The van der Waals surface area contributed by atoms with Gasteiger partial charge in [0.15, 0.2) is 0 Å². The van der Waals surface area contributed by atoms with Crippen LogP contribution in [0.3, 0.4) is 0 Å². The van der Waals surface area contributed by atoms with E-state index in [1.807, 2.05) is 31.2 Å². The summed E-state index contributed by atoms with van der Waals surface area (Å²) in [6.45, 7) is 2.07. The third-order valence-corrected chi connectivity index (χ3v) is 3.71. The Morgan fingerprint density at radius 3 is 2.55 bits per heavy atom. The van der Waals surface area contributed by atoms with Crippen molar-refractivity contribution in [3.05, 3.63) is 57.3 Å². The Labute approximate surface area is 139 Å². The highest BCUT2D eigenvalue weighted by atomic mass is 127. The van der Waals surface area contributed by atoms with Crippen LogP contribution in [0.1, 0.15) is 11.4 Å². The number of nitrogens with zero attached hydrogens (tertiary/aromatic N) is 5. The predicted molar refractivity (Wildman–Crippen MR) is 85.1 cm³/mol. The molecule has 2 aromatic heterocycles. The summed E-state index contributed by atoms with van der Waals surface area (Å²) in [6, 6.07) is 10.5. The van der Waals surface area contributed by atoms with Gasteiger partial charge in [-0.25, -0.2) is 4.68 Å². The van der Waals surface area contributed by atoms with Crippen molar-refractivity contribution in [2.45, 2.75) is 13.5 Å². The van der Waals surface area contributed by atoms with Gasteiger partial charge in [-0.2, -0.15) is 4.39 Å². The summed E-state index contributed by atoms with van der Waals surface area (Å²) in [5.41, 5.74) is 2.45. The second-order valence-electron chi connectivity index (χ2n) is 4.49. The van der Waals surface area contributed by atoms with Gasteiger partial charge in [-0.3, -0.25) is 0 Å². The summed E-state index contributed by atoms with van der Waals surface area (Å²) < 4.78 is 21.1. The fraction of sp³-hybridized carbons (Fsp3) is 0.143. The van der Waals surface area contributed by atoms with Crippen molar-refractivity contribution in [1.29, 1.82) is 0 Å². The predicted octanol–water partition coefficient (Wildman–Crippen LogP) is 2.69. The average Bonchev–Trinajstić information content (AvgIpc) is 2.89. The molecule has 0 aliphatic carbocycles. The molecule has 0 fully saturated rings. The second kappa shape index (κ2) is 6.34. The molecule has 0 bridgehead atoms. The monoisotopic (exact) mass is 411 g/mol. The maximum atomic E-state index is 12.7. The van der Waals surface area contributed by atoms with Crippen molar-refractivity contribution in [3.8, 4) is 11.6 Å². The van der Waals surface area contributed by atoms with Crippen molar-refractivity contribution in [3.63, 3.8) is 0 Å². The van der Waals surface area contributed by atoms with E-state index in [9.17, 15) is 4.39 Å². The molecule has 6 nitrogen and oxygen atoms in total. The maximum Gasteiger partial charge on any atom is 0.233 e. The van der Waals surface area contributed by atoms with Crippen LogP contribution in [0, 0.1) is 16.4 Å². The molecule has 0 aliphatic rings. The SMILES string of the molecule is Cc1nnn(-c2ccc(I)cc2)c1COc1ccc(F)nn1. The van der Waals surface area contributed by atoms with Gasteiger partial charge < -0.3 is 4.74 Å². The molecule has 0 radical (unpaired) electrons. The smallest absolute Gasteiger partial charge is 0.233 e. The first kappa shape index (κ1) is 14.8. The van der Waals surface area contributed by atoms with Crippen LogP contribution < -0.4 is 4.74 Å². The average molecular weight is 411 g/mol. The number of ether oxygens (including phenoxy) is 1. The van der Waals surface area contributed by atoms with E-state index in [4.69, 9.17) is 4.74 Å². The van der Waals surface area contributed by atoms with E-state index in [0.717, 1.165) is 20.6 Å². The van der Waals surface area contributed by atoms with E-state index < -0.39 is 5.95 Å². The van der Waals surface area contributed by atoms with E-state index in [1.54, 1.807) is 4.68 Å². The van der Waals surface area contributed by atoms with E-state index in [-0.39, 0.29) is 12.5 Å². The minimum absolute atomic E-state index is 0.213. The molecule has 112 valence electrons. The van der Waals surface area contributed by atoms with E-state index >= 15 is 0 Å². The van der Waals surface area contributed by atoms with E-state index in [2.05, 4.69) is 43.1 Å². The summed E-state index contributed by atoms with van der Waals surface area (Å²) >= 11 is 2.24. The summed E-state index contributed by atoms with van der Waals surface area (Å²) in [5.74, 6) is -0.398. The normalized spacial score (nSPS) is 10.7. The van der Waals surface area contributed by atoms with Gasteiger partial charge in [0, 0.05) is 15.7 Å². The number of hydrogen-bond acceptors (Lipinski definition) is 5. The molecule has 0 saturated heterocycles. The fourth-order valence-electron chi connectivity index (χ4n) is 1.86. The first-order chi connectivity index (χ1) is 10.6. The van der Waals surface area contributed by atoms with Crippen LogP contribution in [-0.2, 0) is 6.61 Å². The van der Waals surface area contributed by atoms with Gasteiger partial charge in [-0.15, -0.1) is 15.3 Å². The molecule has 0 amide bonds. The molecule has 2 heterocycles. The lowest BCUT2D eigenvalue weighted by Gasteiger charge is -2.08. The minimum Gasteiger partial charge on any atom is -0.470 e. The Bertz CT molecular complexity index is 773. The number of hydrogen-bond donors (Lipinski definition) is 0. The Morgan fingerprint density at radius 1 is 1.09 bits per heavy atom. The molecule has 0 saturated carbocycles. The molecule has 3 aromatic rings. The number of aryl methyl sites for hydroxylation is 1. The topological polar surface area (TPSA) is 65.7 Å². The lowest BCUT2D eigenvalue weighted by atomic mass is 10.3. The second-order valence-corrected chi connectivity index (χ2v) is 5.74. The standard InChI is InChI=1S/C14H11FIN5O/c1-9-12(8-22-14-7-6-13(15)18-19-14)21(20-17-9)11-4-2-10(16)3-5-11/h2-7H,8H2,1H3. The van der Waals surface area contributed by atoms with Crippen molar-refractivity contribution >= 4 is 22.6 Å². The van der Waals surface area contributed by atoms with Gasteiger partial charge in [0.2, 0.25) is 11.8 Å². The summed E-state index contributed by atoms with van der Waals surface area (Å²) in [7, 11) is 0. The summed E-state index contributed by atoms with van der Waals surface area (Å²) in [6.07, 6.45) is 0. The molecule has 0 spiro atoms. The van der Waals surface area contributed by atoms with Crippen LogP contribution in [0.4, 0.5) is 4.39 Å². The molecule has 0 aliphatic heterocycles. The van der Waals surface area contributed by atoms with Crippen molar-refractivity contribution in [1.82, 2.24) is 25.2 Å². The largest absolute Gasteiger partial charge is 0.470 e. The van der Waals surface area contributed by atoms with Gasteiger partial charge in [0.05, 0.1) is 11.4 Å². The van der Waals surface area contributed by atoms with Crippen molar-refractivity contribution in [2.75, 3.05) is 0 Å². The van der Waals surface area contributed by atoms with Crippen LogP contribution in [0.25, 0.3) is 5.69 Å². The van der Waals surface area contributed by atoms with Gasteiger partial charge in [0.1, 0.15) is 12.3 Å². The molecular weight excluding hydrogens is 400 g/mol. The zero-order valence-corrected chi connectivity index (χ0v) is 13.7. The Balaban J connectivity index is 1.83. The lowest BCUT2D eigenvalue weighted by Crippen LogP contribution is -2.07. The molecular formula is C14H11FIN5O.